The zero-order valence-electron chi connectivity index (χ0n) is 12.7. The number of carbonyl (C=O) groups is 1. The lowest BCUT2D eigenvalue weighted by molar-refractivity contribution is -0.384. The second kappa shape index (κ2) is 7.69. The van der Waals surface area contributed by atoms with E-state index in [9.17, 15) is 23.3 Å². The third-order valence-electron chi connectivity index (χ3n) is 3.21. The fourth-order valence-corrected chi connectivity index (χ4v) is 3.41. The molecule has 2 aromatic carbocycles. The normalized spacial score (nSPS) is 11.0. The van der Waals surface area contributed by atoms with Gasteiger partial charge in [0.25, 0.3) is 5.69 Å². The molecular weight excluding hydrogens is 332 g/mol. The Morgan fingerprint density at radius 1 is 1.08 bits per heavy atom. The van der Waals surface area contributed by atoms with Crippen LogP contribution < -0.4 is 5.32 Å². The summed E-state index contributed by atoms with van der Waals surface area (Å²) in [6.45, 7) is 0. The third-order valence-corrected chi connectivity index (χ3v) is 4.81. The zero-order chi connectivity index (χ0) is 17.6. The molecule has 126 valence electrons. The molecule has 0 aliphatic carbocycles. The number of nitrogens with one attached hydrogen (secondary N) is 1. The molecule has 0 radical (unpaired) electrons. The average Bonchev–Trinajstić information content (AvgIpc) is 2.54. The van der Waals surface area contributed by atoms with Gasteiger partial charge >= 0.3 is 0 Å². The highest BCUT2D eigenvalue weighted by atomic mass is 32.2. The largest absolute Gasteiger partial charge is 0.326 e. The summed E-state index contributed by atoms with van der Waals surface area (Å²) in [5.41, 5.74) is 0.774. The standard InChI is InChI=1S/C16H16N2O5S/c19-16(17-14-7-4-8-15(11-14)18(20)21)9-10-24(22,23)12-13-5-2-1-3-6-13/h1-8,11H,9-10,12H2,(H,17,19). The summed E-state index contributed by atoms with van der Waals surface area (Å²) < 4.78 is 24.1. The van der Waals surface area contributed by atoms with Gasteiger partial charge in [-0.2, -0.15) is 0 Å². The molecule has 2 aromatic rings. The van der Waals surface area contributed by atoms with Crippen LogP contribution in [-0.4, -0.2) is 25.0 Å². The van der Waals surface area contributed by atoms with E-state index in [1.54, 1.807) is 30.3 Å². The molecule has 0 aliphatic heterocycles. The molecule has 24 heavy (non-hydrogen) atoms. The summed E-state index contributed by atoms with van der Waals surface area (Å²) in [7, 11) is -3.41. The second-order valence-electron chi connectivity index (χ2n) is 5.18. The van der Waals surface area contributed by atoms with E-state index in [1.165, 1.54) is 24.3 Å². The lowest BCUT2D eigenvalue weighted by Gasteiger charge is -2.06. The topological polar surface area (TPSA) is 106 Å². The van der Waals surface area contributed by atoms with E-state index in [4.69, 9.17) is 0 Å². The van der Waals surface area contributed by atoms with Crippen LogP contribution in [0.3, 0.4) is 0 Å². The Labute approximate surface area is 139 Å². The second-order valence-corrected chi connectivity index (χ2v) is 7.37. The van der Waals surface area contributed by atoms with Crippen molar-refractivity contribution in [3.05, 3.63) is 70.3 Å². The van der Waals surface area contributed by atoms with E-state index in [0.717, 1.165) is 0 Å². The predicted octanol–water partition coefficient (Wildman–Crippen LogP) is 2.54. The van der Waals surface area contributed by atoms with Crippen molar-refractivity contribution >= 4 is 27.1 Å². The first-order valence-corrected chi connectivity index (χ1v) is 8.96. The lowest BCUT2D eigenvalue weighted by Crippen LogP contribution is -2.18. The van der Waals surface area contributed by atoms with Gasteiger partial charge in [0, 0.05) is 24.2 Å². The summed E-state index contributed by atoms with van der Waals surface area (Å²) in [6.07, 6.45) is -0.210. The molecule has 0 aliphatic rings. The van der Waals surface area contributed by atoms with Crippen molar-refractivity contribution in [3.63, 3.8) is 0 Å². The Balaban J connectivity index is 1.91. The molecule has 0 saturated carbocycles. The number of amides is 1. The molecule has 0 unspecified atom stereocenters. The molecule has 0 atom stereocenters. The van der Waals surface area contributed by atoms with Crippen LogP contribution in [0.5, 0.6) is 0 Å². The quantitative estimate of drug-likeness (QED) is 0.611. The number of nitrogens with zero attached hydrogens (tertiary/aromatic N) is 1. The van der Waals surface area contributed by atoms with Gasteiger partial charge in [-0.05, 0) is 11.6 Å². The Hall–Kier alpha value is -2.74. The number of hydrogen-bond acceptors (Lipinski definition) is 5. The molecule has 7 nitrogen and oxygen atoms in total. The van der Waals surface area contributed by atoms with Gasteiger partial charge in [-0.3, -0.25) is 14.9 Å². The van der Waals surface area contributed by atoms with Gasteiger partial charge in [-0.15, -0.1) is 0 Å². The van der Waals surface area contributed by atoms with Crippen LogP contribution in [0.2, 0.25) is 0 Å². The Morgan fingerprint density at radius 3 is 2.46 bits per heavy atom. The van der Waals surface area contributed by atoms with Crippen molar-refractivity contribution in [2.45, 2.75) is 12.2 Å². The monoisotopic (exact) mass is 348 g/mol. The minimum Gasteiger partial charge on any atom is -0.326 e. The first-order chi connectivity index (χ1) is 11.4. The maximum absolute atomic E-state index is 12.0. The van der Waals surface area contributed by atoms with Crippen molar-refractivity contribution in [1.29, 1.82) is 0 Å². The molecule has 8 heteroatoms. The molecule has 1 N–H and O–H groups in total. The summed E-state index contributed by atoms with van der Waals surface area (Å²) in [6, 6.07) is 14.2. The number of carbonyl (C=O) groups excluding carboxylic acids is 1. The Bertz CT molecular complexity index is 835. The van der Waals surface area contributed by atoms with Crippen LogP contribution in [0.1, 0.15) is 12.0 Å². The highest BCUT2D eigenvalue weighted by Crippen LogP contribution is 2.17. The van der Waals surface area contributed by atoms with Crippen LogP contribution in [0, 0.1) is 10.1 Å². The van der Waals surface area contributed by atoms with Crippen molar-refractivity contribution in [1.82, 2.24) is 0 Å². The van der Waals surface area contributed by atoms with Gasteiger partial charge in [-0.1, -0.05) is 36.4 Å². The van der Waals surface area contributed by atoms with E-state index >= 15 is 0 Å². The van der Waals surface area contributed by atoms with E-state index in [-0.39, 0.29) is 29.3 Å². The third kappa shape index (κ3) is 5.47. The van der Waals surface area contributed by atoms with Crippen molar-refractivity contribution < 1.29 is 18.1 Å². The lowest BCUT2D eigenvalue weighted by atomic mass is 10.2. The summed E-state index contributed by atoms with van der Waals surface area (Å²) >= 11 is 0. The zero-order valence-corrected chi connectivity index (χ0v) is 13.5. The minimum absolute atomic E-state index is 0.127. The van der Waals surface area contributed by atoms with Gasteiger partial charge in [-0.25, -0.2) is 8.42 Å². The number of non-ortho nitro benzene ring substituents is 1. The van der Waals surface area contributed by atoms with E-state index in [2.05, 4.69) is 5.32 Å². The number of nitro benzene ring substituents is 1. The Morgan fingerprint density at radius 2 is 1.79 bits per heavy atom. The van der Waals surface area contributed by atoms with Gasteiger partial charge < -0.3 is 5.32 Å². The number of anilines is 1. The van der Waals surface area contributed by atoms with Crippen molar-refractivity contribution in [2.75, 3.05) is 11.1 Å². The van der Waals surface area contributed by atoms with Crippen LogP contribution in [0.15, 0.2) is 54.6 Å². The van der Waals surface area contributed by atoms with E-state index < -0.39 is 20.7 Å². The maximum Gasteiger partial charge on any atom is 0.271 e. The summed E-state index contributed by atoms with van der Waals surface area (Å²) in [4.78, 5) is 22.0. The number of rotatable bonds is 7. The van der Waals surface area contributed by atoms with Crippen molar-refractivity contribution in [2.24, 2.45) is 0 Å². The summed E-state index contributed by atoms with van der Waals surface area (Å²) in [5.74, 6) is -0.923. The number of hydrogen-bond donors (Lipinski definition) is 1. The van der Waals surface area contributed by atoms with Crippen molar-refractivity contribution in [3.8, 4) is 0 Å². The van der Waals surface area contributed by atoms with Gasteiger partial charge in [0.1, 0.15) is 0 Å². The number of benzene rings is 2. The molecule has 1 amide bonds. The van der Waals surface area contributed by atoms with E-state index in [0.29, 0.717) is 5.56 Å². The molecule has 0 aromatic heterocycles. The predicted molar refractivity (Wildman–Crippen MR) is 90.3 cm³/mol. The average molecular weight is 348 g/mol. The fourth-order valence-electron chi connectivity index (χ4n) is 2.07. The molecular formula is C16H16N2O5S. The smallest absolute Gasteiger partial charge is 0.271 e. The SMILES string of the molecule is O=C(CCS(=O)(=O)Cc1ccccc1)Nc1cccc([N+](=O)[O-])c1. The van der Waals surface area contributed by atoms with Crippen LogP contribution in [0.4, 0.5) is 11.4 Å². The fraction of sp³-hybridized carbons (Fsp3) is 0.188. The minimum atomic E-state index is -3.41. The highest BCUT2D eigenvalue weighted by molar-refractivity contribution is 7.90. The Kier molecular flexibility index (Phi) is 5.64. The van der Waals surface area contributed by atoms with Crippen LogP contribution in [0.25, 0.3) is 0 Å². The van der Waals surface area contributed by atoms with Crippen LogP contribution in [-0.2, 0) is 20.4 Å². The molecule has 0 saturated heterocycles. The maximum atomic E-state index is 12.0. The highest BCUT2D eigenvalue weighted by Gasteiger charge is 2.15. The van der Waals surface area contributed by atoms with Gasteiger partial charge in [0.05, 0.1) is 16.4 Å². The van der Waals surface area contributed by atoms with E-state index in [1.807, 2.05) is 0 Å². The number of nitro groups is 1. The van der Waals surface area contributed by atoms with Gasteiger partial charge in [0.15, 0.2) is 9.84 Å². The molecule has 0 spiro atoms. The van der Waals surface area contributed by atoms with Gasteiger partial charge in [0.2, 0.25) is 5.91 Å². The molecule has 0 fully saturated rings. The molecule has 0 bridgehead atoms. The number of sulfone groups is 1. The molecule has 0 heterocycles. The van der Waals surface area contributed by atoms with Crippen LogP contribution >= 0.6 is 0 Å². The summed E-state index contributed by atoms with van der Waals surface area (Å²) in [5, 5.41) is 13.1. The first kappa shape index (κ1) is 17.6. The molecule has 2 rings (SSSR count). The first-order valence-electron chi connectivity index (χ1n) is 7.14.